The van der Waals surface area contributed by atoms with Gasteiger partial charge in [0.1, 0.15) is 11.7 Å². The van der Waals surface area contributed by atoms with Crippen molar-refractivity contribution in [3.8, 4) is 0 Å². The number of fused-ring (bicyclic) bond motifs is 1. The maximum Gasteiger partial charge on any atom is 0.134 e. The van der Waals surface area contributed by atoms with Crippen molar-refractivity contribution in [1.82, 2.24) is 14.9 Å². The van der Waals surface area contributed by atoms with Gasteiger partial charge < -0.3 is 19.0 Å². The summed E-state index contributed by atoms with van der Waals surface area (Å²) in [5.74, 6) is 0. The number of hydrogen-bond acceptors (Lipinski definition) is 4. The van der Waals surface area contributed by atoms with Crippen molar-refractivity contribution in [2.75, 3.05) is 6.61 Å². The van der Waals surface area contributed by atoms with Crippen LogP contribution in [0, 0.1) is 0 Å². The zero-order valence-electron chi connectivity index (χ0n) is 13.2. The van der Waals surface area contributed by atoms with Crippen LogP contribution in [0.15, 0.2) is 47.5 Å². The first-order chi connectivity index (χ1) is 11.3. The smallest absolute Gasteiger partial charge is 0.134 e. The van der Waals surface area contributed by atoms with E-state index in [1.54, 1.807) is 0 Å². The van der Waals surface area contributed by atoms with E-state index < -0.39 is 0 Å². The molecular weight excluding hydrogens is 290 g/mol. The summed E-state index contributed by atoms with van der Waals surface area (Å²) < 4.78 is 13.6. The van der Waals surface area contributed by atoms with Gasteiger partial charge in [0, 0.05) is 37.2 Å². The molecule has 0 saturated carbocycles. The molecule has 1 saturated heterocycles. The fourth-order valence-corrected chi connectivity index (χ4v) is 3.29. The maximum absolute atomic E-state index is 5.92. The Bertz CT molecular complexity index is 792. The summed E-state index contributed by atoms with van der Waals surface area (Å²) >= 11 is 0. The van der Waals surface area contributed by atoms with Gasteiger partial charge in [-0.25, -0.2) is 4.98 Å². The molecular formula is C18H21N3O2. The zero-order chi connectivity index (χ0) is 15.6. The van der Waals surface area contributed by atoms with E-state index in [1.807, 2.05) is 48.6 Å². The van der Waals surface area contributed by atoms with Crippen LogP contribution < -0.4 is 5.32 Å². The molecule has 0 radical (unpaired) electrons. The third kappa shape index (κ3) is 2.90. The number of rotatable bonds is 4. The van der Waals surface area contributed by atoms with Crippen LogP contribution in [0.2, 0.25) is 0 Å². The lowest BCUT2D eigenvalue weighted by atomic mass is 10.0. The predicted molar refractivity (Wildman–Crippen MR) is 88.0 cm³/mol. The van der Waals surface area contributed by atoms with Crippen molar-refractivity contribution in [3.63, 3.8) is 0 Å². The molecule has 2 aromatic heterocycles. The number of aryl methyl sites for hydroxylation is 1. The molecule has 23 heavy (non-hydrogen) atoms. The number of imidazole rings is 1. The average Bonchev–Trinajstić information content (AvgIpc) is 3.19. The highest BCUT2D eigenvalue weighted by Crippen LogP contribution is 2.28. The summed E-state index contributed by atoms with van der Waals surface area (Å²) in [5.41, 5.74) is 3.30. The summed E-state index contributed by atoms with van der Waals surface area (Å²) in [5, 5.41) is 4.85. The standard InChI is InChI=1S/C18H21N3O2/c1-21-12-19-10-16(21)18-8-14(6-7-22-18)20-9-13-11-23-17-5-3-2-4-15(13)17/h2-5,10-12,14,18,20H,6-9H2,1H3/t14-,18+/m0/s1. The lowest BCUT2D eigenvalue weighted by Gasteiger charge is -2.30. The van der Waals surface area contributed by atoms with Gasteiger partial charge >= 0.3 is 0 Å². The first kappa shape index (κ1) is 14.5. The Kier molecular flexibility index (Phi) is 3.89. The van der Waals surface area contributed by atoms with Crippen LogP contribution in [0.25, 0.3) is 11.0 Å². The molecule has 0 amide bonds. The molecule has 0 aliphatic carbocycles. The van der Waals surface area contributed by atoms with Crippen molar-refractivity contribution in [1.29, 1.82) is 0 Å². The molecule has 4 rings (SSSR count). The Balaban J connectivity index is 1.42. The van der Waals surface area contributed by atoms with Crippen molar-refractivity contribution in [2.24, 2.45) is 7.05 Å². The number of furan rings is 1. The second kappa shape index (κ2) is 6.18. The summed E-state index contributed by atoms with van der Waals surface area (Å²) in [6.07, 6.45) is 7.70. The maximum atomic E-state index is 5.92. The lowest BCUT2D eigenvalue weighted by molar-refractivity contribution is -0.00403. The van der Waals surface area contributed by atoms with Crippen LogP contribution in [0.3, 0.4) is 0 Å². The molecule has 3 aromatic rings. The molecule has 1 N–H and O–H groups in total. The fraction of sp³-hybridized carbons (Fsp3) is 0.389. The summed E-state index contributed by atoms with van der Waals surface area (Å²) in [6.45, 7) is 1.60. The highest BCUT2D eigenvalue weighted by Gasteiger charge is 2.25. The number of aromatic nitrogens is 2. The molecule has 1 aliphatic rings. The predicted octanol–water partition coefficient (Wildman–Crippen LogP) is 3.18. The first-order valence-corrected chi connectivity index (χ1v) is 8.07. The van der Waals surface area contributed by atoms with E-state index in [2.05, 4.69) is 16.4 Å². The molecule has 0 bridgehead atoms. The molecule has 120 valence electrons. The van der Waals surface area contributed by atoms with E-state index in [4.69, 9.17) is 9.15 Å². The van der Waals surface area contributed by atoms with Gasteiger partial charge in [-0.15, -0.1) is 0 Å². The van der Waals surface area contributed by atoms with Crippen molar-refractivity contribution in [3.05, 3.63) is 54.3 Å². The Morgan fingerprint density at radius 1 is 1.35 bits per heavy atom. The Morgan fingerprint density at radius 3 is 3.13 bits per heavy atom. The normalized spacial score (nSPS) is 21.8. The number of ether oxygens (including phenoxy) is 1. The second-order valence-corrected chi connectivity index (χ2v) is 6.15. The van der Waals surface area contributed by atoms with Crippen LogP contribution in [-0.4, -0.2) is 22.2 Å². The molecule has 1 fully saturated rings. The molecule has 3 heterocycles. The monoisotopic (exact) mass is 311 g/mol. The molecule has 1 aliphatic heterocycles. The van der Waals surface area contributed by atoms with E-state index in [0.29, 0.717) is 6.04 Å². The third-order valence-electron chi connectivity index (χ3n) is 4.61. The molecule has 5 heteroatoms. The van der Waals surface area contributed by atoms with Crippen molar-refractivity contribution >= 4 is 11.0 Å². The number of nitrogens with zero attached hydrogens (tertiary/aromatic N) is 2. The lowest BCUT2D eigenvalue weighted by Crippen LogP contribution is -2.36. The fourth-order valence-electron chi connectivity index (χ4n) is 3.29. The Morgan fingerprint density at radius 2 is 2.26 bits per heavy atom. The van der Waals surface area contributed by atoms with Gasteiger partial charge in [0.25, 0.3) is 0 Å². The largest absolute Gasteiger partial charge is 0.464 e. The van der Waals surface area contributed by atoms with Crippen LogP contribution in [0.5, 0.6) is 0 Å². The van der Waals surface area contributed by atoms with Gasteiger partial charge in [-0.05, 0) is 18.9 Å². The second-order valence-electron chi connectivity index (χ2n) is 6.15. The number of nitrogens with one attached hydrogen (secondary N) is 1. The van der Waals surface area contributed by atoms with Gasteiger partial charge in [0.2, 0.25) is 0 Å². The molecule has 0 unspecified atom stereocenters. The van der Waals surface area contributed by atoms with E-state index in [1.165, 1.54) is 10.9 Å². The highest BCUT2D eigenvalue weighted by molar-refractivity contribution is 5.80. The van der Waals surface area contributed by atoms with E-state index in [-0.39, 0.29) is 6.10 Å². The van der Waals surface area contributed by atoms with Gasteiger partial charge in [-0.1, -0.05) is 18.2 Å². The number of hydrogen-bond donors (Lipinski definition) is 1. The quantitative estimate of drug-likeness (QED) is 0.804. The number of para-hydroxylation sites is 1. The van der Waals surface area contributed by atoms with Gasteiger partial charge in [-0.3, -0.25) is 0 Å². The average molecular weight is 311 g/mol. The van der Waals surface area contributed by atoms with Crippen molar-refractivity contribution in [2.45, 2.75) is 31.5 Å². The SMILES string of the molecule is Cn1cncc1[C@H]1C[C@@H](NCc2coc3ccccc23)CCO1. The third-order valence-corrected chi connectivity index (χ3v) is 4.61. The van der Waals surface area contributed by atoms with Gasteiger partial charge in [0.15, 0.2) is 0 Å². The van der Waals surface area contributed by atoms with Crippen LogP contribution in [0.4, 0.5) is 0 Å². The van der Waals surface area contributed by atoms with Crippen LogP contribution in [0.1, 0.15) is 30.2 Å². The molecule has 0 spiro atoms. The van der Waals surface area contributed by atoms with E-state index in [9.17, 15) is 0 Å². The Hall–Kier alpha value is -2.11. The highest BCUT2D eigenvalue weighted by atomic mass is 16.5. The topological polar surface area (TPSA) is 52.2 Å². The number of benzene rings is 1. The summed E-state index contributed by atoms with van der Waals surface area (Å²) in [4.78, 5) is 4.19. The molecule has 2 atom stereocenters. The van der Waals surface area contributed by atoms with Gasteiger partial charge in [0.05, 0.1) is 24.5 Å². The van der Waals surface area contributed by atoms with E-state index >= 15 is 0 Å². The van der Waals surface area contributed by atoms with Crippen LogP contribution >= 0.6 is 0 Å². The minimum Gasteiger partial charge on any atom is -0.464 e. The first-order valence-electron chi connectivity index (χ1n) is 8.07. The zero-order valence-corrected chi connectivity index (χ0v) is 13.2. The van der Waals surface area contributed by atoms with E-state index in [0.717, 1.165) is 37.3 Å². The Labute approximate surface area is 135 Å². The minimum absolute atomic E-state index is 0.120. The summed E-state index contributed by atoms with van der Waals surface area (Å²) in [6, 6.07) is 8.61. The molecule has 1 aromatic carbocycles. The molecule has 5 nitrogen and oxygen atoms in total. The minimum atomic E-state index is 0.120. The van der Waals surface area contributed by atoms with Crippen LogP contribution in [-0.2, 0) is 18.3 Å². The van der Waals surface area contributed by atoms with Crippen molar-refractivity contribution < 1.29 is 9.15 Å². The summed E-state index contributed by atoms with van der Waals surface area (Å²) in [7, 11) is 2.01. The van der Waals surface area contributed by atoms with Gasteiger partial charge in [-0.2, -0.15) is 0 Å².